The van der Waals surface area contributed by atoms with Crippen LogP contribution in [0, 0.1) is 0 Å². The van der Waals surface area contributed by atoms with Gasteiger partial charge in [0.05, 0.1) is 17.6 Å². The summed E-state index contributed by atoms with van der Waals surface area (Å²) in [6.45, 7) is 0. The number of hydrogen-bond acceptors (Lipinski definition) is 4. The highest BCUT2D eigenvalue weighted by atomic mass is 16.3. The van der Waals surface area contributed by atoms with E-state index in [1.54, 1.807) is 12.3 Å². The molecule has 0 aliphatic rings. The van der Waals surface area contributed by atoms with Crippen LogP contribution in [0.2, 0.25) is 0 Å². The lowest BCUT2D eigenvalue weighted by molar-refractivity contribution is 0.473. The standard InChI is InChI=1S/C15H11N3O/c19-13-8-12(9-16-10-13)15-7-6-14(17-18-15)11-4-2-1-3-5-11/h1-10,19H. The largest absolute Gasteiger partial charge is 0.506 e. The molecule has 1 N–H and O–H groups in total. The average Bonchev–Trinajstić information content (AvgIpc) is 2.48. The zero-order chi connectivity index (χ0) is 13.1. The van der Waals surface area contributed by atoms with E-state index >= 15 is 0 Å². The first-order chi connectivity index (χ1) is 9.33. The molecule has 92 valence electrons. The zero-order valence-corrected chi connectivity index (χ0v) is 10.1. The molecule has 0 spiro atoms. The Balaban J connectivity index is 1.95. The number of aromatic nitrogens is 3. The molecule has 0 saturated carbocycles. The van der Waals surface area contributed by atoms with Gasteiger partial charge in [0.1, 0.15) is 5.75 Å². The molecule has 2 aromatic heterocycles. The summed E-state index contributed by atoms with van der Waals surface area (Å²) >= 11 is 0. The Morgan fingerprint density at radius 2 is 1.42 bits per heavy atom. The molecule has 2 heterocycles. The molecule has 0 bridgehead atoms. The third kappa shape index (κ3) is 2.42. The molecule has 0 radical (unpaired) electrons. The van der Waals surface area contributed by atoms with Crippen molar-refractivity contribution in [3.8, 4) is 28.3 Å². The van der Waals surface area contributed by atoms with Gasteiger partial charge in [-0.25, -0.2) is 0 Å². The molecule has 4 nitrogen and oxygen atoms in total. The predicted molar refractivity (Wildman–Crippen MR) is 72.4 cm³/mol. The Hall–Kier alpha value is -2.75. The molecular weight excluding hydrogens is 238 g/mol. The van der Waals surface area contributed by atoms with E-state index in [1.165, 1.54) is 6.20 Å². The number of hydrogen-bond donors (Lipinski definition) is 1. The first-order valence-electron chi connectivity index (χ1n) is 5.86. The molecule has 19 heavy (non-hydrogen) atoms. The third-order valence-electron chi connectivity index (χ3n) is 2.75. The molecular formula is C15H11N3O. The summed E-state index contributed by atoms with van der Waals surface area (Å²) < 4.78 is 0. The second kappa shape index (κ2) is 4.86. The van der Waals surface area contributed by atoms with Crippen molar-refractivity contribution < 1.29 is 5.11 Å². The maximum atomic E-state index is 9.40. The molecule has 4 heteroatoms. The Morgan fingerprint density at radius 3 is 2.05 bits per heavy atom. The van der Waals surface area contributed by atoms with Gasteiger partial charge in [0.25, 0.3) is 0 Å². The summed E-state index contributed by atoms with van der Waals surface area (Å²) in [5.74, 6) is 0.117. The number of aromatic hydroxyl groups is 1. The number of rotatable bonds is 2. The summed E-state index contributed by atoms with van der Waals surface area (Å²) in [7, 11) is 0. The van der Waals surface area contributed by atoms with E-state index in [1.807, 2.05) is 42.5 Å². The third-order valence-corrected chi connectivity index (χ3v) is 2.75. The lowest BCUT2D eigenvalue weighted by atomic mass is 10.1. The van der Waals surface area contributed by atoms with E-state index in [0.29, 0.717) is 5.69 Å². The number of nitrogens with zero attached hydrogens (tertiary/aromatic N) is 3. The maximum Gasteiger partial charge on any atom is 0.134 e. The molecule has 0 aliphatic carbocycles. The van der Waals surface area contributed by atoms with Gasteiger partial charge in [-0.3, -0.25) is 4.98 Å². The Morgan fingerprint density at radius 1 is 0.737 bits per heavy atom. The van der Waals surface area contributed by atoms with Crippen LogP contribution >= 0.6 is 0 Å². The van der Waals surface area contributed by atoms with Crippen LogP contribution in [0.5, 0.6) is 5.75 Å². The second-order valence-corrected chi connectivity index (χ2v) is 4.10. The summed E-state index contributed by atoms with van der Waals surface area (Å²) in [4.78, 5) is 3.92. The van der Waals surface area contributed by atoms with Gasteiger partial charge in [0.2, 0.25) is 0 Å². The fourth-order valence-corrected chi connectivity index (χ4v) is 1.82. The van der Waals surface area contributed by atoms with Crippen molar-refractivity contribution in [1.82, 2.24) is 15.2 Å². The van der Waals surface area contributed by atoms with Crippen LogP contribution in [0.15, 0.2) is 60.9 Å². The zero-order valence-electron chi connectivity index (χ0n) is 10.1. The summed E-state index contributed by atoms with van der Waals surface area (Å²) in [5.41, 5.74) is 3.27. The number of benzene rings is 1. The highest BCUT2D eigenvalue weighted by Gasteiger charge is 2.04. The van der Waals surface area contributed by atoms with Crippen LogP contribution in [0.25, 0.3) is 22.5 Å². The molecule has 0 aliphatic heterocycles. The lowest BCUT2D eigenvalue weighted by Crippen LogP contribution is -1.91. The van der Waals surface area contributed by atoms with Crippen LogP contribution < -0.4 is 0 Å². The van der Waals surface area contributed by atoms with Gasteiger partial charge in [-0.1, -0.05) is 30.3 Å². The highest BCUT2D eigenvalue weighted by molar-refractivity contribution is 5.63. The van der Waals surface area contributed by atoms with Crippen molar-refractivity contribution in [2.45, 2.75) is 0 Å². The fraction of sp³-hybridized carbons (Fsp3) is 0. The normalized spacial score (nSPS) is 10.3. The Labute approximate surface area is 110 Å². The van der Waals surface area contributed by atoms with Crippen molar-refractivity contribution in [3.63, 3.8) is 0 Å². The van der Waals surface area contributed by atoms with Crippen LogP contribution in [0.1, 0.15) is 0 Å². The molecule has 3 rings (SSSR count). The van der Waals surface area contributed by atoms with Crippen molar-refractivity contribution in [2.75, 3.05) is 0 Å². The van der Waals surface area contributed by atoms with Gasteiger partial charge in [0.15, 0.2) is 0 Å². The maximum absolute atomic E-state index is 9.40. The van der Waals surface area contributed by atoms with Gasteiger partial charge < -0.3 is 5.11 Å². The second-order valence-electron chi connectivity index (χ2n) is 4.10. The fourth-order valence-electron chi connectivity index (χ4n) is 1.82. The first-order valence-corrected chi connectivity index (χ1v) is 5.86. The van der Waals surface area contributed by atoms with Crippen molar-refractivity contribution in [3.05, 3.63) is 60.9 Å². The Bertz CT molecular complexity index is 681. The smallest absolute Gasteiger partial charge is 0.134 e. The molecule has 0 unspecified atom stereocenters. The average molecular weight is 249 g/mol. The summed E-state index contributed by atoms with van der Waals surface area (Å²) in [5, 5.41) is 17.8. The van der Waals surface area contributed by atoms with Gasteiger partial charge in [-0.2, -0.15) is 0 Å². The van der Waals surface area contributed by atoms with E-state index in [4.69, 9.17) is 0 Å². The molecule has 0 fully saturated rings. The van der Waals surface area contributed by atoms with E-state index in [0.717, 1.165) is 16.8 Å². The van der Waals surface area contributed by atoms with E-state index in [9.17, 15) is 5.11 Å². The minimum absolute atomic E-state index is 0.117. The summed E-state index contributed by atoms with van der Waals surface area (Å²) in [6.07, 6.45) is 3.03. The molecule has 0 amide bonds. The highest BCUT2D eigenvalue weighted by Crippen LogP contribution is 2.21. The SMILES string of the molecule is Oc1cncc(-c2ccc(-c3ccccc3)nn2)c1. The van der Waals surface area contributed by atoms with Crippen LogP contribution in [-0.4, -0.2) is 20.3 Å². The van der Waals surface area contributed by atoms with Gasteiger partial charge in [-0.15, -0.1) is 10.2 Å². The monoisotopic (exact) mass is 249 g/mol. The van der Waals surface area contributed by atoms with Crippen molar-refractivity contribution >= 4 is 0 Å². The minimum Gasteiger partial charge on any atom is -0.506 e. The quantitative estimate of drug-likeness (QED) is 0.758. The van der Waals surface area contributed by atoms with Gasteiger partial charge >= 0.3 is 0 Å². The molecule has 0 saturated heterocycles. The molecule has 0 atom stereocenters. The van der Waals surface area contributed by atoms with Crippen molar-refractivity contribution in [1.29, 1.82) is 0 Å². The van der Waals surface area contributed by atoms with Crippen LogP contribution in [0.4, 0.5) is 0 Å². The van der Waals surface area contributed by atoms with Gasteiger partial charge in [0, 0.05) is 17.3 Å². The number of pyridine rings is 1. The molecule has 3 aromatic rings. The first kappa shape index (κ1) is 11.3. The van der Waals surface area contributed by atoms with Gasteiger partial charge in [-0.05, 0) is 18.2 Å². The molecule has 1 aromatic carbocycles. The lowest BCUT2D eigenvalue weighted by Gasteiger charge is -2.02. The van der Waals surface area contributed by atoms with E-state index in [-0.39, 0.29) is 5.75 Å². The minimum atomic E-state index is 0.117. The van der Waals surface area contributed by atoms with Crippen molar-refractivity contribution in [2.24, 2.45) is 0 Å². The topological polar surface area (TPSA) is 58.9 Å². The van der Waals surface area contributed by atoms with E-state index in [2.05, 4.69) is 15.2 Å². The van der Waals surface area contributed by atoms with E-state index < -0.39 is 0 Å². The Kier molecular flexibility index (Phi) is 2.90. The summed E-state index contributed by atoms with van der Waals surface area (Å²) in [6, 6.07) is 15.2. The predicted octanol–water partition coefficient (Wildman–Crippen LogP) is 2.91. The van der Waals surface area contributed by atoms with Crippen LogP contribution in [0.3, 0.4) is 0 Å². The van der Waals surface area contributed by atoms with Crippen LogP contribution in [-0.2, 0) is 0 Å².